The van der Waals surface area contributed by atoms with Gasteiger partial charge in [-0.2, -0.15) is 0 Å². The average molecular weight is 1120 g/mol. The van der Waals surface area contributed by atoms with Crippen LogP contribution < -0.4 is 0 Å². The Kier molecular flexibility index (Phi) is 64.8. The first-order chi connectivity index (χ1) is 40.0. The van der Waals surface area contributed by atoms with Crippen LogP contribution in [0.4, 0.5) is 0 Å². The van der Waals surface area contributed by atoms with Crippen molar-refractivity contribution >= 4 is 17.9 Å². The molecule has 0 heterocycles. The van der Waals surface area contributed by atoms with Gasteiger partial charge in [0.05, 0.1) is 0 Å². The zero-order valence-corrected chi connectivity index (χ0v) is 53.0. The first kappa shape index (κ1) is 76.8. The Morgan fingerprint density at radius 1 is 0.259 bits per heavy atom. The van der Waals surface area contributed by atoms with Crippen molar-refractivity contribution in [2.75, 3.05) is 13.2 Å². The van der Waals surface area contributed by atoms with E-state index in [0.717, 1.165) is 128 Å². The third-order valence-electron chi connectivity index (χ3n) is 14.4. The summed E-state index contributed by atoms with van der Waals surface area (Å²) in [5.41, 5.74) is 0. The minimum Gasteiger partial charge on any atom is -0.462 e. The molecule has 0 aliphatic rings. The maximum absolute atomic E-state index is 12.9. The predicted octanol–water partition coefficient (Wildman–Crippen LogP) is 23.6. The summed E-state index contributed by atoms with van der Waals surface area (Å²) in [5, 5.41) is 0. The molecule has 0 aliphatic heterocycles. The van der Waals surface area contributed by atoms with Crippen LogP contribution in [-0.2, 0) is 28.6 Å². The van der Waals surface area contributed by atoms with E-state index >= 15 is 0 Å². The number of hydrogen-bond acceptors (Lipinski definition) is 6. The third kappa shape index (κ3) is 66.5. The van der Waals surface area contributed by atoms with Crippen LogP contribution in [0.2, 0.25) is 0 Å². The Labute approximate surface area is 501 Å². The van der Waals surface area contributed by atoms with Gasteiger partial charge < -0.3 is 14.2 Å². The molecule has 0 aliphatic carbocycles. The molecule has 1 atom stereocenters. The van der Waals surface area contributed by atoms with Crippen LogP contribution in [0.3, 0.4) is 0 Å². The predicted molar refractivity (Wildman–Crippen MR) is 353 cm³/mol. The Morgan fingerprint density at radius 3 is 0.778 bits per heavy atom. The van der Waals surface area contributed by atoms with Gasteiger partial charge in [-0.15, -0.1) is 0 Å². The summed E-state index contributed by atoms with van der Waals surface area (Å²) in [6.45, 7) is 6.39. The number of carbonyl (C=O) groups excluding carboxylic acids is 3. The third-order valence-corrected chi connectivity index (χ3v) is 14.4. The summed E-state index contributed by atoms with van der Waals surface area (Å²) < 4.78 is 16.9. The molecule has 0 aromatic rings. The number of hydrogen-bond donors (Lipinski definition) is 0. The monoisotopic (exact) mass is 1120 g/mol. The highest BCUT2D eigenvalue weighted by molar-refractivity contribution is 5.71. The lowest BCUT2D eigenvalue weighted by Crippen LogP contribution is -2.30. The van der Waals surface area contributed by atoms with Crippen LogP contribution in [-0.4, -0.2) is 37.2 Å². The van der Waals surface area contributed by atoms with Crippen LogP contribution in [0.15, 0.2) is 122 Å². The second kappa shape index (κ2) is 68.3. The Bertz CT molecular complexity index is 1670. The summed E-state index contributed by atoms with van der Waals surface area (Å²) in [6, 6.07) is 0. The van der Waals surface area contributed by atoms with E-state index in [4.69, 9.17) is 14.2 Å². The van der Waals surface area contributed by atoms with Crippen molar-refractivity contribution in [1.82, 2.24) is 0 Å². The summed E-state index contributed by atoms with van der Waals surface area (Å²) >= 11 is 0. The molecule has 0 aromatic carbocycles. The van der Waals surface area contributed by atoms with E-state index in [-0.39, 0.29) is 37.5 Å². The van der Waals surface area contributed by atoms with Crippen molar-refractivity contribution in [2.24, 2.45) is 0 Å². The lowest BCUT2D eigenvalue weighted by molar-refractivity contribution is -0.167. The highest BCUT2D eigenvalue weighted by atomic mass is 16.6. The van der Waals surface area contributed by atoms with Gasteiger partial charge in [0.15, 0.2) is 6.10 Å². The molecule has 1 unspecified atom stereocenters. The molecule has 81 heavy (non-hydrogen) atoms. The minimum absolute atomic E-state index is 0.0935. The lowest BCUT2D eigenvalue weighted by Gasteiger charge is -2.18. The van der Waals surface area contributed by atoms with Crippen LogP contribution >= 0.6 is 0 Å². The molecule has 0 saturated heterocycles. The van der Waals surface area contributed by atoms with E-state index < -0.39 is 6.10 Å². The summed E-state index contributed by atoms with van der Waals surface area (Å²) in [5.74, 6) is -0.926. The van der Waals surface area contributed by atoms with Crippen molar-refractivity contribution in [3.63, 3.8) is 0 Å². The summed E-state index contributed by atoms with van der Waals surface area (Å²) in [7, 11) is 0. The topological polar surface area (TPSA) is 78.9 Å². The van der Waals surface area contributed by atoms with Crippen molar-refractivity contribution < 1.29 is 28.6 Å². The van der Waals surface area contributed by atoms with Crippen molar-refractivity contribution in [2.45, 2.75) is 322 Å². The van der Waals surface area contributed by atoms with E-state index in [0.29, 0.717) is 12.8 Å². The van der Waals surface area contributed by atoms with E-state index in [1.54, 1.807) is 0 Å². The number of allylic oxidation sites excluding steroid dienone is 20. The van der Waals surface area contributed by atoms with Crippen LogP contribution in [0, 0.1) is 0 Å². The van der Waals surface area contributed by atoms with Crippen LogP contribution in [0.5, 0.6) is 0 Å². The van der Waals surface area contributed by atoms with Crippen LogP contribution in [0.1, 0.15) is 316 Å². The van der Waals surface area contributed by atoms with Gasteiger partial charge in [-0.05, 0) is 128 Å². The second-order valence-corrected chi connectivity index (χ2v) is 22.3. The van der Waals surface area contributed by atoms with Gasteiger partial charge in [0, 0.05) is 19.3 Å². The van der Waals surface area contributed by atoms with Gasteiger partial charge >= 0.3 is 17.9 Å². The average Bonchev–Trinajstić information content (AvgIpc) is 3.46. The van der Waals surface area contributed by atoms with Gasteiger partial charge in [0.2, 0.25) is 0 Å². The molecule has 0 bridgehead atoms. The maximum atomic E-state index is 12.9. The van der Waals surface area contributed by atoms with E-state index in [1.165, 1.54) is 148 Å². The normalized spacial score (nSPS) is 12.9. The number of carbonyl (C=O) groups is 3. The number of unbranched alkanes of at least 4 members (excludes halogenated alkanes) is 30. The van der Waals surface area contributed by atoms with Crippen molar-refractivity contribution in [3.05, 3.63) is 122 Å². The number of rotatable bonds is 61. The highest BCUT2D eigenvalue weighted by Crippen LogP contribution is 2.17. The Morgan fingerprint density at radius 2 is 0.481 bits per heavy atom. The fraction of sp³-hybridized carbons (Fsp3) is 0.693. The molecule has 0 spiro atoms. The Balaban J connectivity index is 4.26. The first-order valence-corrected chi connectivity index (χ1v) is 34.0. The molecular weight excluding hydrogens is 997 g/mol. The minimum atomic E-state index is -0.801. The summed E-state index contributed by atoms with van der Waals surface area (Å²) in [4.78, 5) is 38.3. The van der Waals surface area contributed by atoms with Gasteiger partial charge in [0.1, 0.15) is 13.2 Å². The molecule has 0 radical (unpaired) electrons. The maximum Gasteiger partial charge on any atom is 0.306 e. The largest absolute Gasteiger partial charge is 0.462 e. The quantitative estimate of drug-likeness (QED) is 0.0261. The highest BCUT2D eigenvalue weighted by Gasteiger charge is 2.19. The molecular formula is C75H126O6. The lowest BCUT2D eigenvalue weighted by atomic mass is 10.0. The zero-order valence-electron chi connectivity index (χ0n) is 53.0. The number of esters is 3. The van der Waals surface area contributed by atoms with Gasteiger partial charge in [0.25, 0.3) is 0 Å². The van der Waals surface area contributed by atoms with E-state index in [2.05, 4.69) is 142 Å². The first-order valence-electron chi connectivity index (χ1n) is 34.0. The molecule has 0 rings (SSSR count). The second-order valence-electron chi connectivity index (χ2n) is 22.3. The fourth-order valence-corrected chi connectivity index (χ4v) is 9.40. The molecule has 0 fully saturated rings. The van der Waals surface area contributed by atoms with Crippen LogP contribution in [0.25, 0.3) is 0 Å². The molecule has 0 saturated carbocycles. The summed E-state index contributed by atoms with van der Waals surface area (Å²) in [6.07, 6.45) is 95.1. The molecule has 0 amide bonds. The van der Waals surface area contributed by atoms with Crippen molar-refractivity contribution in [1.29, 1.82) is 0 Å². The Hall–Kier alpha value is -4.19. The van der Waals surface area contributed by atoms with Gasteiger partial charge in [-0.25, -0.2) is 0 Å². The fourth-order valence-electron chi connectivity index (χ4n) is 9.40. The van der Waals surface area contributed by atoms with Gasteiger partial charge in [-0.1, -0.05) is 290 Å². The number of ether oxygens (including phenoxy) is 3. The molecule has 6 nitrogen and oxygen atoms in total. The zero-order chi connectivity index (χ0) is 58.5. The standard InChI is InChI=1S/C75H126O6/c1-4-7-10-13-16-19-22-25-27-29-31-32-33-34-35-36-37-38-39-40-41-42-44-45-47-50-53-56-59-62-65-68-74(77)80-71-72(70-79-73(76)67-64-61-58-55-52-49-24-21-18-15-12-9-6-3)81-75(78)69-66-63-60-57-54-51-48-46-43-30-28-26-23-20-17-14-11-8-5-2/h7-8,10-11,16-17,19-21,24-28,31-32,43,46,51,54,72H,4-6,9,12-15,18,22-23,29-30,33-42,44-45,47-50,52-53,55-71H2,1-3H3/b10-7-,11-8-,19-16-,20-17-,24-21-,27-25-,28-26-,32-31-,46-43-,54-51-. The van der Waals surface area contributed by atoms with Gasteiger partial charge in [-0.3, -0.25) is 14.4 Å². The van der Waals surface area contributed by atoms with E-state index in [1.807, 2.05) is 0 Å². The van der Waals surface area contributed by atoms with E-state index in [9.17, 15) is 14.4 Å². The molecule has 0 N–H and O–H groups in total. The molecule has 0 aromatic heterocycles. The van der Waals surface area contributed by atoms with Crippen molar-refractivity contribution in [3.8, 4) is 0 Å². The smallest absolute Gasteiger partial charge is 0.306 e. The SMILES string of the molecule is CC/C=C\C/C=C\C/C=C\C/C=C\C/C=C\CCCCCC(=O)OC(COC(=O)CCCCCCC/C=C\CCCCCC)COC(=O)CCCCCCCCCCCCCCCCCCCC/C=C\C/C=C\C/C=C\C/C=C\CC. The molecule has 6 heteroatoms. The molecule has 462 valence electrons.